The van der Waals surface area contributed by atoms with E-state index in [0.717, 1.165) is 31.4 Å². The maximum Gasteiger partial charge on any atom is 0.416 e. The maximum absolute atomic E-state index is 12.8. The number of anilines is 1. The molecule has 0 aliphatic heterocycles. The predicted molar refractivity (Wildman–Crippen MR) is 80.7 cm³/mol. The fourth-order valence-electron chi connectivity index (χ4n) is 3.00. The molecule has 5 heteroatoms. The van der Waals surface area contributed by atoms with Gasteiger partial charge in [0.1, 0.15) is 0 Å². The minimum atomic E-state index is -4.34. The molecule has 0 bridgehead atoms. The molecule has 0 saturated heterocycles. The van der Waals surface area contributed by atoms with Crippen LogP contribution in [0.2, 0.25) is 5.02 Å². The molecule has 2 atom stereocenters. The van der Waals surface area contributed by atoms with Crippen LogP contribution >= 0.6 is 11.6 Å². The van der Waals surface area contributed by atoms with Crippen molar-refractivity contribution in [2.75, 3.05) is 5.32 Å². The van der Waals surface area contributed by atoms with E-state index in [1.54, 1.807) is 0 Å². The first-order valence-corrected chi connectivity index (χ1v) is 7.78. The van der Waals surface area contributed by atoms with E-state index in [9.17, 15) is 13.2 Å². The van der Waals surface area contributed by atoms with Crippen molar-refractivity contribution in [3.05, 3.63) is 28.8 Å². The van der Waals surface area contributed by atoms with E-state index in [4.69, 9.17) is 11.6 Å². The number of halogens is 4. The Hall–Kier alpha value is -0.900. The normalized spacial score (nSPS) is 23.4. The van der Waals surface area contributed by atoms with Crippen LogP contribution in [0, 0.1) is 11.8 Å². The van der Waals surface area contributed by atoms with Crippen LogP contribution in [-0.4, -0.2) is 6.04 Å². The molecule has 2 unspecified atom stereocenters. The summed E-state index contributed by atoms with van der Waals surface area (Å²) < 4.78 is 38.3. The minimum Gasteiger partial charge on any atom is -0.381 e. The van der Waals surface area contributed by atoms with Crippen LogP contribution in [0.15, 0.2) is 18.2 Å². The largest absolute Gasteiger partial charge is 0.416 e. The molecule has 21 heavy (non-hydrogen) atoms. The van der Waals surface area contributed by atoms with E-state index in [1.165, 1.54) is 12.5 Å². The second kappa shape index (κ2) is 6.47. The van der Waals surface area contributed by atoms with Crippen molar-refractivity contribution in [2.24, 2.45) is 11.8 Å². The fourth-order valence-corrected chi connectivity index (χ4v) is 3.17. The van der Waals surface area contributed by atoms with E-state index in [1.807, 2.05) is 0 Å². The molecule has 1 N–H and O–H groups in total. The van der Waals surface area contributed by atoms with Gasteiger partial charge in [-0.25, -0.2) is 0 Å². The van der Waals surface area contributed by atoms with Crippen LogP contribution in [0.5, 0.6) is 0 Å². The average molecular weight is 320 g/mol. The zero-order valence-electron chi connectivity index (χ0n) is 12.3. The summed E-state index contributed by atoms with van der Waals surface area (Å²) in [5.74, 6) is 1.23. The number of nitrogens with one attached hydrogen (secondary N) is 1. The molecular formula is C16H21ClF3N. The highest BCUT2D eigenvalue weighted by molar-refractivity contribution is 6.33. The van der Waals surface area contributed by atoms with Crippen LogP contribution in [0.1, 0.15) is 45.1 Å². The van der Waals surface area contributed by atoms with Crippen molar-refractivity contribution in [1.29, 1.82) is 0 Å². The van der Waals surface area contributed by atoms with Gasteiger partial charge in [0.05, 0.1) is 16.3 Å². The first kappa shape index (κ1) is 16.5. The number of hydrogen-bond donors (Lipinski definition) is 1. The summed E-state index contributed by atoms with van der Waals surface area (Å²) in [7, 11) is 0. The third-order valence-electron chi connectivity index (χ3n) is 4.31. The Balaban J connectivity index is 2.12. The Morgan fingerprint density at radius 3 is 2.57 bits per heavy atom. The predicted octanol–water partition coefficient (Wildman–Crippen LogP) is 5.99. The molecule has 1 aliphatic rings. The first-order chi connectivity index (χ1) is 9.77. The van der Waals surface area contributed by atoms with Crippen molar-refractivity contribution in [3.8, 4) is 0 Å². The van der Waals surface area contributed by atoms with Crippen LogP contribution in [0.4, 0.5) is 18.9 Å². The number of hydrogen-bond acceptors (Lipinski definition) is 1. The van der Waals surface area contributed by atoms with Gasteiger partial charge < -0.3 is 5.32 Å². The van der Waals surface area contributed by atoms with Crippen molar-refractivity contribution in [2.45, 2.75) is 51.7 Å². The molecule has 0 aromatic heterocycles. The summed E-state index contributed by atoms with van der Waals surface area (Å²) >= 11 is 6.03. The van der Waals surface area contributed by atoms with Gasteiger partial charge >= 0.3 is 6.18 Å². The molecule has 2 rings (SSSR count). The maximum atomic E-state index is 12.8. The third kappa shape index (κ3) is 4.29. The summed E-state index contributed by atoms with van der Waals surface area (Å²) in [4.78, 5) is 0. The van der Waals surface area contributed by atoms with E-state index < -0.39 is 11.7 Å². The Kier molecular flexibility index (Phi) is 5.07. The Morgan fingerprint density at radius 2 is 1.95 bits per heavy atom. The molecule has 1 saturated carbocycles. The molecule has 118 valence electrons. The van der Waals surface area contributed by atoms with Gasteiger partial charge in [0.25, 0.3) is 0 Å². The number of rotatable bonds is 3. The summed E-state index contributed by atoms with van der Waals surface area (Å²) in [6.07, 6.45) is -0.0582. The fraction of sp³-hybridized carbons (Fsp3) is 0.625. The monoisotopic (exact) mass is 319 g/mol. The summed E-state index contributed by atoms with van der Waals surface area (Å²) in [5.41, 5.74) is -0.272. The summed E-state index contributed by atoms with van der Waals surface area (Å²) in [6, 6.07) is 3.65. The second-order valence-electron chi connectivity index (χ2n) is 6.20. The SMILES string of the molecule is CC(C)C1CCCC(Nc2cc(C(F)(F)F)ccc2Cl)C1. The van der Waals surface area contributed by atoms with E-state index in [0.29, 0.717) is 22.5 Å². The van der Waals surface area contributed by atoms with Gasteiger partial charge in [0.2, 0.25) is 0 Å². The number of alkyl halides is 3. The highest BCUT2D eigenvalue weighted by Crippen LogP contribution is 2.36. The highest BCUT2D eigenvalue weighted by atomic mass is 35.5. The zero-order chi connectivity index (χ0) is 15.6. The van der Waals surface area contributed by atoms with E-state index in [2.05, 4.69) is 19.2 Å². The van der Waals surface area contributed by atoms with Gasteiger partial charge in [-0.3, -0.25) is 0 Å². The topological polar surface area (TPSA) is 12.0 Å². The number of benzene rings is 1. The molecular weight excluding hydrogens is 299 g/mol. The molecule has 1 fully saturated rings. The molecule has 0 amide bonds. The van der Waals surface area contributed by atoms with Crippen LogP contribution in [0.25, 0.3) is 0 Å². The Bertz CT molecular complexity index is 485. The lowest BCUT2D eigenvalue weighted by atomic mass is 9.79. The van der Waals surface area contributed by atoms with Crippen LogP contribution in [0.3, 0.4) is 0 Å². The lowest BCUT2D eigenvalue weighted by Gasteiger charge is -2.33. The van der Waals surface area contributed by atoms with E-state index in [-0.39, 0.29) is 6.04 Å². The van der Waals surface area contributed by atoms with E-state index >= 15 is 0 Å². The molecule has 0 heterocycles. The van der Waals surface area contributed by atoms with Crippen molar-refractivity contribution in [1.82, 2.24) is 0 Å². The lowest BCUT2D eigenvalue weighted by Crippen LogP contribution is -2.29. The molecule has 1 aromatic carbocycles. The first-order valence-electron chi connectivity index (χ1n) is 7.40. The quantitative estimate of drug-likeness (QED) is 0.722. The van der Waals surface area contributed by atoms with Crippen molar-refractivity contribution >= 4 is 17.3 Å². The van der Waals surface area contributed by atoms with Gasteiger partial charge in [0, 0.05) is 6.04 Å². The standard InChI is InChI=1S/C16H21ClF3N/c1-10(2)11-4-3-5-13(8-11)21-15-9-12(16(18,19)20)6-7-14(15)17/h6-7,9-11,13,21H,3-5,8H2,1-2H3. The molecule has 0 radical (unpaired) electrons. The summed E-state index contributed by atoms with van der Waals surface area (Å²) in [6.45, 7) is 4.40. The lowest BCUT2D eigenvalue weighted by molar-refractivity contribution is -0.137. The Morgan fingerprint density at radius 1 is 1.24 bits per heavy atom. The van der Waals surface area contributed by atoms with Crippen LogP contribution in [-0.2, 0) is 6.18 Å². The minimum absolute atomic E-state index is 0.201. The average Bonchev–Trinajstić information content (AvgIpc) is 2.40. The van der Waals surface area contributed by atoms with Crippen molar-refractivity contribution in [3.63, 3.8) is 0 Å². The molecule has 0 spiro atoms. The highest BCUT2D eigenvalue weighted by Gasteiger charge is 2.31. The zero-order valence-corrected chi connectivity index (χ0v) is 13.1. The Labute approximate surface area is 128 Å². The second-order valence-corrected chi connectivity index (χ2v) is 6.61. The summed E-state index contributed by atoms with van der Waals surface area (Å²) in [5, 5.41) is 3.56. The molecule has 1 aliphatic carbocycles. The van der Waals surface area contributed by atoms with Gasteiger partial charge in [-0.15, -0.1) is 0 Å². The third-order valence-corrected chi connectivity index (χ3v) is 4.64. The van der Waals surface area contributed by atoms with Gasteiger partial charge in [-0.05, 0) is 42.9 Å². The molecule has 1 aromatic rings. The van der Waals surface area contributed by atoms with Crippen molar-refractivity contribution < 1.29 is 13.2 Å². The van der Waals surface area contributed by atoms with Gasteiger partial charge in [0.15, 0.2) is 0 Å². The smallest absolute Gasteiger partial charge is 0.381 e. The van der Waals surface area contributed by atoms with Gasteiger partial charge in [-0.2, -0.15) is 13.2 Å². The van der Waals surface area contributed by atoms with Crippen LogP contribution < -0.4 is 5.32 Å². The molecule has 1 nitrogen and oxygen atoms in total. The van der Waals surface area contributed by atoms with Gasteiger partial charge in [-0.1, -0.05) is 38.3 Å².